The molecule has 0 bridgehead atoms. The van der Waals surface area contributed by atoms with E-state index in [9.17, 15) is 13.2 Å². The van der Waals surface area contributed by atoms with Gasteiger partial charge in [0.05, 0.1) is 0 Å². The van der Waals surface area contributed by atoms with E-state index < -0.39 is 9.84 Å². The number of likely N-dealkylation sites (N-methyl/N-ethyl adjacent to an activating group) is 1. The molecule has 1 aliphatic heterocycles. The average Bonchev–Trinajstić information content (AvgIpc) is 2.15. The van der Waals surface area contributed by atoms with Gasteiger partial charge in [-0.25, -0.2) is 8.42 Å². The zero-order valence-corrected chi connectivity index (χ0v) is 10.0. The minimum atomic E-state index is -3.22. The third kappa shape index (κ3) is 4.17. The van der Waals surface area contributed by atoms with Crippen molar-refractivity contribution in [2.24, 2.45) is 0 Å². The maximum Gasteiger partial charge on any atom is 0.237 e. The topological polar surface area (TPSA) is 66.5 Å². The number of nitrogens with zero attached hydrogens (tertiary/aromatic N) is 1. The number of hydrogen-bond donors (Lipinski definition) is 1. The molecule has 1 unspecified atom stereocenters. The minimum Gasteiger partial charge on any atom is -0.341 e. The summed E-state index contributed by atoms with van der Waals surface area (Å²) in [4.78, 5) is 13.1. The molecule has 0 aromatic carbocycles. The van der Waals surface area contributed by atoms with E-state index in [1.165, 1.54) is 0 Å². The van der Waals surface area contributed by atoms with E-state index in [1.807, 2.05) is 0 Å². The lowest BCUT2D eigenvalue weighted by molar-refractivity contribution is -0.129. The van der Waals surface area contributed by atoms with Crippen molar-refractivity contribution < 1.29 is 13.2 Å². The third-order valence-electron chi connectivity index (χ3n) is 2.60. The third-order valence-corrected chi connectivity index (χ3v) is 3.37. The van der Waals surface area contributed by atoms with Crippen LogP contribution in [0, 0.1) is 0 Å². The fourth-order valence-corrected chi connectivity index (χ4v) is 2.35. The molecule has 1 N–H and O–H groups in total. The molecule has 6 heteroatoms. The Morgan fingerprint density at radius 1 is 1.53 bits per heavy atom. The number of sulfone groups is 1. The summed E-state index contributed by atoms with van der Waals surface area (Å²) < 4.78 is 21.9. The standard InChI is InChI=1S/C9H18N2O3S/c1-11(8-4-3-5-10-6-8)9(12)7-15(2,13)14/h8,10H,3-7H2,1-2H3. The Bertz CT molecular complexity index is 320. The van der Waals surface area contributed by atoms with Crippen molar-refractivity contribution >= 4 is 15.7 Å². The summed E-state index contributed by atoms with van der Waals surface area (Å²) in [7, 11) is -1.55. The van der Waals surface area contributed by atoms with Crippen LogP contribution in [0.1, 0.15) is 12.8 Å². The molecule has 5 nitrogen and oxygen atoms in total. The Morgan fingerprint density at radius 2 is 2.20 bits per heavy atom. The number of rotatable bonds is 3. The van der Waals surface area contributed by atoms with Crippen molar-refractivity contribution in [2.75, 3.05) is 32.1 Å². The van der Waals surface area contributed by atoms with Gasteiger partial charge in [0.25, 0.3) is 0 Å². The van der Waals surface area contributed by atoms with Gasteiger partial charge >= 0.3 is 0 Å². The Kier molecular flexibility index (Phi) is 4.10. The van der Waals surface area contributed by atoms with E-state index in [1.54, 1.807) is 11.9 Å². The maximum atomic E-state index is 11.6. The van der Waals surface area contributed by atoms with Crippen LogP contribution in [0.15, 0.2) is 0 Å². The highest BCUT2D eigenvalue weighted by atomic mass is 32.2. The highest BCUT2D eigenvalue weighted by Gasteiger charge is 2.23. The van der Waals surface area contributed by atoms with Crippen LogP contribution in [0.5, 0.6) is 0 Å². The summed E-state index contributed by atoms with van der Waals surface area (Å²) in [6.07, 6.45) is 3.05. The maximum absolute atomic E-state index is 11.6. The van der Waals surface area contributed by atoms with Crippen LogP contribution < -0.4 is 5.32 Å². The highest BCUT2D eigenvalue weighted by molar-refractivity contribution is 7.91. The van der Waals surface area contributed by atoms with Gasteiger partial charge < -0.3 is 10.2 Å². The average molecular weight is 234 g/mol. The molecule has 1 amide bonds. The molecule has 1 saturated heterocycles. The highest BCUT2D eigenvalue weighted by Crippen LogP contribution is 2.08. The minimum absolute atomic E-state index is 0.132. The fraction of sp³-hybridized carbons (Fsp3) is 0.889. The Labute approximate surface area is 90.7 Å². The Hall–Kier alpha value is -0.620. The Balaban J connectivity index is 2.51. The number of piperidine rings is 1. The smallest absolute Gasteiger partial charge is 0.237 e. The number of hydrogen-bond acceptors (Lipinski definition) is 4. The first-order valence-corrected chi connectivity index (χ1v) is 7.10. The normalized spacial score (nSPS) is 22.4. The summed E-state index contributed by atoms with van der Waals surface area (Å²) >= 11 is 0. The van der Waals surface area contributed by atoms with E-state index in [0.717, 1.165) is 32.2 Å². The molecule has 15 heavy (non-hydrogen) atoms. The molecule has 1 atom stereocenters. The van der Waals surface area contributed by atoms with Crippen LogP contribution in [-0.4, -0.2) is 57.4 Å². The second-order valence-corrected chi connectivity index (χ2v) is 6.22. The lowest BCUT2D eigenvalue weighted by Crippen LogP contribution is -2.48. The van der Waals surface area contributed by atoms with Gasteiger partial charge in [0.2, 0.25) is 5.91 Å². The van der Waals surface area contributed by atoms with Gasteiger partial charge in [-0.05, 0) is 19.4 Å². The molecule has 0 spiro atoms. The van der Waals surface area contributed by atoms with E-state index >= 15 is 0 Å². The van der Waals surface area contributed by atoms with Crippen molar-refractivity contribution in [2.45, 2.75) is 18.9 Å². The largest absolute Gasteiger partial charge is 0.341 e. The van der Waals surface area contributed by atoms with Crippen LogP contribution in [0.3, 0.4) is 0 Å². The second-order valence-electron chi connectivity index (χ2n) is 4.07. The van der Waals surface area contributed by atoms with Crippen LogP contribution >= 0.6 is 0 Å². The van der Waals surface area contributed by atoms with Gasteiger partial charge in [0, 0.05) is 25.9 Å². The molecule has 0 aliphatic carbocycles. The van der Waals surface area contributed by atoms with Crippen LogP contribution in [-0.2, 0) is 14.6 Å². The van der Waals surface area contributed by atoms with Crippen molar-refractivity contribution in [1.29, 1.82) is 0 Å². The van der Waals surface area contributed by atoms with Gasteiger partial charge in [0.1, 0.15) is 5.75 Å². The molecular weight excluding hydrogens is 216 g/mol. The van der Waals surface area contributed by atoms with Crippen LogP contribution in [0.2, 0.25) is 0 Å². The SMILES string of the molecule is CN(C(=O)CS(C)(=O)=O)C1CCCNC1. The lowest BCUT2D eigenvalue weighted by atomic mass is 10.1. The van der Waals surface area contributed by atoms with E-state index in [0.29, 0.717) is 0 Å². The van der Waals surface area contributed by atoms with E-state index in [4.69, 9.17) is 0 Å². The predicted molar refractivity (Wildman–Crippen MR) is 58.4 cm³/mol. The number of carbonyl (C=O) groups is 1. The fourth-order valence-electron chi connectivity index (χ4n) is 1.69. The number of nitrogens with one attached hydrogen (secondary N) is 1. The molecule has 88 valence electrons. The summed E-state index contributed by atoms with van der Waals surface area (Å²) in [5.41, 5.74) is 0. The van der Waals surface area contributed by atoms with Crippen molar-refractivity contribution in [3.05, 3.63) is 0 Å². The summed E-state index contributed by atoms with van der Waals surface area (Å²) in [6, 6.07) is 0.132. The lowest BCUT2D eigenvalue weighted by Gasteiger charge is -2.31. The molecule has 0 aromatic rings. The molecule has 1 heterocycles. The molecule has 0 radical (unpaired) electrons. The van der Waals surface area contributed by atoms with E-state index in [-0.39, 0.29) is 17.7 Å². The molecule has 0 saturated carbocycles. The van der Waals surface area contributed by atoms with E-state index in [2.05, 4.69) is 5.32 Å². The zero-order valence-electron chi connectivity index (χ0n) is 9.19. The summed E-state index contributed by atoms with van der Waals surface area (Å²) in [5, 5.41) is 3.19. The Morgan fingerprint density at radius 3 is 2.67 bits per heavy atom. The quantitative estimate of drug-likeness (QED) is 0.697. The van der Waals surface area contributed by atoms with Gasteiger partial charge in [-0.15, -0.1) is 0 Å². The first kappa shape index (κ1) is 12.4. The van der Waals surface area contributed by atoms with Crippen LogP contribution in [0.4, 0.5) is 0 Å². The molecule has 0 aromatic heterocycles. The number of amides is 1. The van der Waals surface area contributed by atoms with Crippen molar-refractivity contribution in [3.63, 3.8) is 0 Å². The summed E-state index contributed by atoms with van der Waals surface area (Å²) in [5.74, 6) is -0.703. The van der Waals surface area contributed by atoms with Crippen molar-refractivity contribution in [3.8, 4) is 0 Å². The molecule has 1 aliphatic rings. The predicted octanol–water partition coefficient (Wildman–Crippen LogP) is -0.759. The first-order valence-electron chi connectivity index (χ1n) is 5.04. The zero-order chi connectivity index (χ0) is 11.5. The van der Waals surface area contributed by atoms with Gasteiger partial charge in [0.15, 0.2) is 9.84 Å². The number of carbonyl (C=O) groups excluding carboxylic acids is 1. The van der Waals surface area contributed by atoms with Gasteiger partial charge in [-0.1, -0.05) is 0 Å². The monoisotopic (exact) mass is 234 g/mol. The van der Waals surface area contributed by atoms with Crippen molar-refractivity contribution in [1.82, 2.24) is 10.2 Å². The second kappa shape index (κ2) is 4.94. The first-order chi connectivity index (χ1) is 6.90. The van der Waals surface area contributed by atoms with Gasteiger partial charge in [-0.2, -0.15) is 0 Å². The molecule has 1 rings (SSSR count). The molecular formula is C9H18N2O3S. The molecule has 1 fully saturated rings. The van der Waals surface area contributed by atoms with Crippen LogP contribution in [0.25, 0.3) is 0 Å². The van der Waals surface area contributed by atoms with Gasteiger partial charge in [-0.3, -0.25) is 4.79 Å². The summed E-state index contributed by atoms with van der Waals surface area (Å²) in [6.45, 7) is 1.73.